The summed E-state index contributed by atoms with van der Waals surface area (Å²) in [6, 6.07) is 15.0. The standard InChI is InChI=1S/C18H23NO3/c1-22-18-4-2-3-15(11-18)12-19-13-17(21)10-7-14-5-8-16(20)9-6-14/h2-6,8-9,11,17,19-21H,7,10,12-13H2,1H3. The van der Waals surface area contributed by atoms with Gasteiger partial charge in [-0.25, -0.2) is 0 Å². The lowest BCUT2D eigenvalue weighted by atomic mass is 10.1. The molecule has 4 heteroatoms. The van der Waals surface area contributed by atoms with Crippen molar-refractivity contribution in [3.8, 4) is 11.5 Å². The minimum atomic E-state index is -0.389. The van der Waals surface area contributed by atoms with Crippen molar-refractivity contribution in [3.05, 3.63) is 59.7 Å². The molecule has 0 fully saturated rings. The Hall–Kier alpha value is -2.04. The molecule has 0 spiro atoms. The molecule has 2 aromatic rings. The van der Waals surface area contributed by atoms with Crippen LogP contribution in [-0.2, 0) is 13.0 Å². The molecule has 0 saturated carbocycles. The average Bonchev–Trinajstić information content (AvgIpc) is 2.54. The number of aromatic hydroxyl groups is 1. The number of hydrogen-bond donors (Lipinski definition) is 3. The molecule has 2 rings (SSSR count). The van der Waals surface area contributed by atoms with Crippen LogP contribution in [0.25, 0.3) is 0 Å². The van der Waals surface area contributed by atoms with Gasteiger partial charge in [-0.15, -0.1) is 0 Å². The number of phenols is 1. The van der Waals surface area contributed by atoms with E-state index in [1.54, 1.807) is 19.2 Å². The topological polar surface area (TPSA) is 61.7 Å². The van der Waals surface area contributed by atoms with E-state index in [-0.39, 0.29) is 11.9 Å². The Morgan fingerprint density at radius 1 is 1.09 bits per heavy atom. The molecular weight excluding hydrogens is 278 g/mol. The first-order valence-corrected chi connectivity index (χ1v) is 7.47. The predicted octanol–water partition coefficient (Wildman–Crippen LogP) is 2.48. The molecule has 0 aliphatic heterocycles. The molecule has 0 aliphatic carbocycles. The fraction of sp³-hybridized carbons (Fsp3) is 0.333. The van der Waals surface area contributed by atoms with E-state index in [1.807, 2.05) is 36.4 Å². The normalized spacial score (nSPS) is 12.1. The Bertz CT molecular complexity index is 569. The fourth-order valence-corrected chi connectivity index (χ4v) is 2.26. The first-order chi connectivity index (χ1) is 10.7. The zero-order chi connectivity index (χ0) is 15.8. The largest absolute Gasteiger partial charge is 0.508 e. The van der Waals surface area contributed by atoms with Gasteiger partial charge in [0, 0.05) is 13.1 Å². The Labute approximate surface area is 131 Å². The van der Waals surface area contributed by atoms with Crippen molar-refractivity contribution in [1.82, 2.24) is 5.32 Å². The van der Waals surface area contributed by atoms with Crippen molar-refractivity contribution < 1.29 is 14.9 Å². The second-order valence-corrected chi connectivity index (χ2v) is 5.34. The first kappa shape index (κ1) is 16.3. The molecule has 1 unspecified atom stereocenters. The lowest BCUT2D eigenvalue weighted by Gasteiger charge is -2.12. The fourth-order valence-electron chi connectivity index (χ4n) is 2.26. The zero-order valence-corrected chi connectivity index (χ0v) is 12.8. The number of nitrogens with one attached hydrogen (secondary N) is 1. The van der Waals surface area contributed by atoms with Crippen molar-refractivity contribution in [2.45, 2.75) is 25.5 Å². The average molecular weight is 301 g/mol. The summed E-state index contributed by atoms with van der Waals surface area (Å²) < 4.78 is 5.18. The van der Waals surface area contributed by atoms with Crippen LogP contribution in [0.2, 0.25) is 0 Å². The summed E-state index contributed by atoms with van der Waals surface area (Å²) in [5.74, 6) is 1.11. The number of phenolic OH excluding ortho intramolecular Hbond substituents is 1. The predicted molar refractivity (Wildman–Crippen MR) is 87.1 cm³/mol. The maximum absolute atomic E-state index is 10.0. The monoisotopic (exact) mass is 301 g/mol. The van der Waals surface area contributed by atoms with Gasteiger partial charge in [0.05, 0.1) is 13.2 Å². The van der Waals surface area contributed by atoms with Gasteiger partial charge in [-0.3, -0.25) is 0 Å². The van der Waals surface area contributed by atoms with Gasteiger partial charge < -0.3 is 20.3 Å². The molecule has 0 aliphatic rings. The van der Waals surface area contributed by atoms with E-state index in [2.05, 4.69) is 5.32 Å². The van der Waals surface area contributed by atoms with Crippen LogP contribution in [0.4, 0.5) is 0 Å². The molecule has 0 radical (unpaired) electrons. The summed E-state index contributed by atoms with van der Waals surface area (Å²) in [5.41, 5.74) is 2.25. The number of benzene rings is 2. The summed E-state index contributed by atoms with van der Waals surface area (Å²) in [5, 5.41) is 22.5. The molecule has 1 atom stereocenters. The minimum absolute atomic E-state index is 0.268. The third-order valence-electron chi connectivity index (χ3n) is 3.55. The van der Waals surface area contributed by atoms with Gasteiger partial charge >= 0.3 is 0 Å². The molecule has 0 amide bonds. The number of hydrogen-bond acceptors (Lipinski definition) is 4. The Morgan fingerprint density at radius 3 is 2.59 bits per heavy atom. The van der Waals surface area contributed by atoms with Gasteiger partial charge in [-0.1, -0.05) is 24.3 Å². The third-order valence-corrected chi connectivity index (χ3v) is 3.55. The molecule has 2 aromatic carbocycles. The second-order valence-electron chi connectivity index (χ2n) is 5.34. The van der Waals surface area contributed by atoms with E-state index in [0.717, 1.165) is 23.3 Å². The Kier molecular flexibility index (Phi) is 6.25. The quantitative estimate of drug-likeness (QED) is 0.701. The molecule has 0 heterocycles. The summed E-state index contributed by atoms with van der Waals surface area (Å²) >= 11 is 0. The lowest BCUT2D eigenvalue weighted by molar-refractivity contribution is 0.161. The number of methoxy groups -OCH3 is 1. The van der Waals surface area contributed by atoms with Crippen LogP contribution in [0.3, 0.4) is 0 Å². The summed E-state index contributed by atoms with van der Waals surface area (Å²) in [6.45, 7) is 1.25. The highest BCUT2D eigenvalue weighted by atomic mass is 16.5. The highest BCUT2D eigenvalue weighted by molar-refractivity contribution is 5.28. The highest BCUT2D eigenvalue weighted by Crippen LogP contribution is 2.13. The third kappa shape index (κ3) is 5.39. The van der Waals surface area contributed by atoms with E-state index < -0.39 is 0 Å². The van der Waals surface area contributed by atoms with E-state index in [9.17, 15) is 10.2 Å². The van der Waals surface area contributed by atoms with E-state index in [0.29, 0.717) is 19.5 Å². The maximum Gasteiger partial charge on any atom is 0.119 e. The molecule has 0 saturated heterocycles. The van der Waals surface area contributed by atoms with Gasteiger partial charge in [0.2, 0.25) is 0 Å². The van der Waals surface area contributed by atoms with Crippen molar-refractivity contribution >= 4 is 0 Å². The second kappa shape index (κ2) is 8.41. The van der Waals surface area contributed by atoms with Gasteiger partial charge in [-0.05, 0) is 48.2 Å². The molecule has 0 bridgehead atoms. The molecule has 22 heavy (non-hydrogen) atoms. The summed E-state index contributed by atoms with van der Waals surface area (Å²) in [4.78, 5) is 0. The van der Waals surface area contributed by atoms with Crippen molar-refractivity contribution in [2.75, 3.05) is 13.7 Å². The summed E-state index contributed by atoms with van der Waals surface area (Å²) in [6.07, 6.45) is 1.09. The van der Waals surface area contributed by atoms with Crippen LogP contribution in [0, 0.1) is 0 Å². The van der Waals surface area contributed by atoms with Gasteiger partial charge in [0.25, 0.3) is 0 Å². The van der Waals surface area contributed by atoms with E-state index >= 15 is 0 Å². The summed E-state index contributed by atoms with van der Waals surface area (Å²) in [7, 11) is 1.65. The molecular formula is C18H23NO3. The maximum atomic E-state index is 10.0. The lowest BCUT2D eigenvalue weighted by Crippen LogP contribution is -2.26. The Balaban J connectivity index is 1.69. The molecule has 4 nitrogen and oxygen atoms in total. The van der Waals surface area contributed by atoms with Crippen LogP contribution < -0.4 is 10.1 Å². The van der Waals surface area contributed by atoms with Crippen LogP contribution in [0.1, 0.15) is 17.5 Å². The van der Waals surface area contributed by atoms with Crippen LogP contribution in [0.15, 0.2) is 48.5 Å². The number of rotatable bonds is 8. The van der Waals surface area contributed by atoms with Gasteiger partial charge in [0.15, 0.2) is 0 Å². The SMILES string of the molecule is COc1cccc(CNCC(O)CCc2ccc(O)cc2)c1. The highest BCUT2D eigenvalue weighted by Gasteiger charge is 2.05. The van der Waals surface area contributed by atoms with Gasteiger partial charge in [0.1, 0.15) is 11.5 Å². The van der Waals surface area contributed by atoms with Crippen molar-refractivity contribution in [3.63, 3.8) is 0 Å². The number of aliphatic hydroxyl groups excluding tert-OH is 1. The van der Waals surface area contributed by atoms with Crippen LogP contribution in [-0.4, -0.2) is 30.0 Å². The van der Waals surface area contributed by atoms with Crippen LogP contribution >= 0.6 is 0 Å². The number of aryl methyl sites for hydroxylation is 1. The van der Waals surface area contributed by atoms with E-state index in [4.69, 9.17) is 4.74 Å². The van der Waals surface area contributed by atoms with Crippen molar-refractivity contribution in [1.29, 1.82) is 0 Å². The Morgan fingerprint density at radius 2 is 1.86 bits per heavy atom. The van der Waals surface area contributed by atoms with Gasteiger partial charge in [-0.2, -0.15) is 0 Å². The zero-order valence-electron chi connectivity index (χ0n) is 12.8. The van der Waals surface area contributed by atoms with Crippen molar-refractivity contribution in [2.24, 2.45) is 0 Å². The molecule has 118 valence electrons. The van der Waals surface area contributed by atoms with Crippen LogP contribution in [0.5, 0.6) is 11.5 Å². The molecule has 3 N–H and O–H groups in total. The minimum Gasteiger partial charge on any atom is -0.508 e. The smallest absolute Gasteiger partial charge is 0.119 e. The van der Waals surface area contributed by atoms with E-state index in [1.165, 1.54) is 0 Å². The molecule has 0 aromatic heterocycles. The number of aliphatic hydroxyl groups is 1. The number of ether oxygens (including phenoxy) is 1. The first-order valence-electron chi connectivity index (χ1n) is 7.47.